The monoisotopic (exact) mass is 168 g/mol. The first-order chi connectivity index (χ1) is 5.86. The molecule has 66 valence electrons. The van der Waals surface area contributed by atoms with Gasteiger partial charge in [-0.15, -0.1) is 0 Å². The van der Waals surface area contributed by atoms with Gasteiger partial charge in [-0.3, -0.25) is 0 Å². The van der Waals surface area contributed by atoms with Crippen LogP contribution in [0.4, 0.5) is 0 Å². The molecule has 0 unspecified atom stereocenters. The van der Waals surface area contributed by atoms with Crippen LogP contribution in [-0.4, -0.2) is 12.2 Å². The zero-order valence-electron chi connectivity index (χ0n) is 6.87. The van der Waals surface area contributed by atoms with Crippen molar-refractivity contribution in [3.8, 4) is 0 Å². The van der Waals surface area contributed by atoms with Crippen LogP contribution < -0.4 is 10.9 Å². The molecule has 0 saturated heterocycles. The van der Waals surface area contributed by atoms with Gasteiger partial charge in [0.15, 0.2) is 0 Å². The molecule has 4 heteroatoms. The minimum atomic E-state index is -0.0622. The van der Waals surface area contributed by atoms with E-state index in [0.717, 1.165) is 0 Å². The van der Waals surface area contributed by atoms with E-state index in [1.54, 1.807) is 31.5 Å². The molecule has 0 amide bonds. The molecule has 0 aliphatic rings. The van der Waals surface area contributed by atoms with Crippen LogP contribution in [0.15, 0.2) is 22.7 Å². The van der Waals surface area contributed by atoms with Gasteiger partial charge in [0.2, 0.25) is 0 Å². The van der Waals surface area contributed by atoms with Crippen LogP contribution in [0.5, 0.6) is 0 Å². The fraction of sp³-hybridized carbons (Fsp3) is 0.250. The van der Waals surface area contributed by atoms with Gasteiger partial charge in [-0.1, -0.05) is 0 Å². The second kappa shape index (κ2) is 4.58. The highest BCUT2D eigenvalue weighted by molar-refractivity contribution is 5.42. The van der Waals surface area contributed by atoms with Crippen LogP contribution in [0.2, 0.25) is 0 Å². The SMILES string of the molecule is CNNC=Cc1ccc(CO)o1. The zero-order valence-corrected chi connectivity index (χ0v) is 6.87. The first-order valence-electron chi connectivity index (χ1n) is 3.65. The summed E-state index contributed by atoms with van der Waals surface area (Å²) in [5.74, 6) is 1.28. The lowest BCUT2D eigenvalue weighted by atomic mass is 10.4. The fourth-order valence-electron chi connectivity index (χ4n) is 0.776. The number of aliphatic hydroxyl groups excluding tert-OH is 1. The molecule has 0 fully saturated rings. The number of rotatable bonds is 4. The molecule has 0 spiro atoms. The summed E-state index contributed by atoms with van der Waals surface area (Å²) in [7, 11) is 1.77. The molecule has 0 aromatic carbocycles. The molecule has 1 aromatic rings. The second-order valence-electron chi connectivity index (χ2n) is 2.19. The molecular weight excluding hydrogens is 156 g/mol. The summed E-state index contributed by atoms with van der Waals surface area (Å²) >= 11 is 0. The molecule has 3 N–H and O–H groups in total. The van der Waals surface area contributed by atoms with E-state index in [9.17, 15) is 0 Å². The third-order valence-electron chi connectivity index (χ3n) is 1.31. The van der Waals surface area contributed by atoms with Gasteiger partial charge in [-0.2, -0.15) is 0 Å². The Morgan fingerprint density at radius 1 is 1.58 bits per heavy atom. The molecule has 0 atom stereocenters. The van der Waals surface area contributed by atoms with Crippen molar-refractivity contribution in [1.29, 1.82) is 0 Å². The fourth-order valence-corrected chi connectivity index (χ4v) is 0.776. The Morgan fingerprint density at radius 3 is 3.00 bits per heavy atom. The quantitative estimate of drug-likeness (QED) is 0.572. The second-order valence-corrected chi connectivity index (χ2v) is 2.19. The van der Waals surface area contributed by atoms with Crippen molar-refractivity contribution in [3.05, 3.63) is 29.9 Å². The molecule has 0 saturated carbocycles. The summed E-state index contributed by atoms with van der Waals surface area (Å²) < 4.78 is 5.17. The average molecular weight is 168 g/mol. The van der Waals surface area contributed by atoms with Gasteiger partial charge in [0.05, 0.1) is 0 Å². The number of hydrogen-bond acceptors (Lipinski definition) is 4. The van der Waals surface area contributed by atoms with E-state index >= 15 is 0 Å². The zero-order chi connectivity index (χ0) is 8.81. The largest absolute Gasteiger partial charge is 0.459 e. The van der Waals surface area contributed by atoms with E-state index in [-0.39, 0.29) is 6.61 Å². The minimum absolute atomic E-state index is 0.0622. The van der Waals surface area contributed by atoms with E-state index in [1.165, 1.54) is 0 Å². The topological polar surface area (TPSA) is 57.4 Å². The van der Waals surface area contributed by atoms with Crippen molar-refractivity contribution in [2.45, 2.75) is 6.61 Å². The molecule has 1 heterocycles. The van der Waals surface area contributed by atoms with Crippen LogP contribution >= 0.6 is 0 Å². The van der Waals surface area contributed by atoms with Gasteiger partial charge in [0.25, 0.3) is 0 Å². The molecule has 4 nitrogen and oxygen atoms in total. The van der Waals surface area contributed by atoms with Gasteiger partial charge in [-0.25, -0.2) is 5.43 Å². The summed E-state index contributed by atoms with van der Waals surface area (Å²) in [5.41, 5.74) is 5.50. The summed E-state index contributed by atoms with van der Waals surface area (Å²) in [5, 5.41) is 8.68. The number of furan rings is 1. The third-order valence-corrected chi connectivity index (χ3v) is 1.31. The van der Waals surface area contributed by atoms with Crippen LogP contribution in [0, 0.1) is 0 Å². The van der Waals surface area contributed by atoms with E-state index in [4.69, 9.17) is 9.52 Å². The van der Waals surface area contributed by atoms with Crippen molar-refractivity contribution in [1.82, 2.24) is 10.9 Å². The van der Waals surface area contributed by atoms with Crippen LogP contribution in [0.3, 0.4) is 0 Å². The number of aliphatic hydroxyl groups is 1. The number of hydrazine groups is 1. The number of hydrogen-bond donors (Lipinski definition) is 3. The minimum Gasteiger partial charge on any atom is -0.459 e. The van der Waals surface area contributed by atoms with Gasteiger partial charge < -0.3 is 14.9 Å². The molecule has 1 rings (SSSR count). The van der Waals surface area contributed by atoms with E-state index in [0.29, 0.717) is 11.5 Å². The average Bonchev–Trinajstić information content (AvgIpc) is 2.53. The van der Waals surface area contributed by atoms with E-state index in [2.05, 4.69) is 10.9 Å². The van der Waals surface area contributed by atoms with Gasteiger partial charge in [-0.05, 0) is 18.2 Å². The highest BCUT2D eigenvalue weighted by Crippen LogP contribution is 2.08. The Bertz CT molecular complexity index is 255. The third kappa shape index (κ3) is 2.41. The van der Waals surface area contributed by atoms with Crippen LogP contribution in [0.25, 0.3) is 6.08 Å². The van der Waals surface area contributed by atoms with Crippen LogP contribution in [-0.2, 0) is 6.61 Å². The van der Waals surface area contributed by atoms with E-state index < -0.39 is 0 Å². The van der Waals surface area contributed by atoms with Crippen molar-refractivity contribution >= 4 is 6.08 Å². The van der Waals surface area contributed by atoms with Gasteiger partial charge in [0, 0.05) is 13.2 Å². The lowest BCUT2D eigenvalue weighted by Gasteiger charge is -1.92. The summed E-state index contributed by atoms with van der Waals surface area (Å²) in [6.07, 6.45) is 3.47. The van der Waals surface area contributed by atoms with Crippen molar-refractivity contribution in [2.24, 2.45) is 0 Å². The Labute approximate surface area is 70.9 Å². The smallest absolute Gasteiger partial charge is 0.130 e. The first kappa shape index (κ1) is 8.83. The molecular formula is C8H12N2O2. The molecule has 12 heavy (non-hydrogen) atoms. The standard InChI is InChI=1S/C8H12N2O2/c1-9-10-5-4-7-2-3-8(6-11)12-7/h2-5,9-11H,6H2,1H3. The summed E-state index contributed by atoms with van der Waals surface area (Å²) in [6, 6.07) is 3.53. The Kier molecular flexibility index (Phi) is 3.37. The molecule has 0 aliphatic carbocycles. The highest BCUT2D eigenvalue weighted by atomic mass is 16.4. The Balaban J connectivity index is 2.51. The molecule has 0 aliphatic heterocycles. The Hall–Kier alpha value is -1.26. The highest BCUT2D eigenvalue weighted by Gasteiger charge is 1.95. The predicted octanol–water partition coefficient (Wildman–Crippen LogP) is 0.467. The van der Waals surface area contributed by atoms with Gasteiger partial charge >= 0.3 is 0 Å². The van der Waals surface area contributed by atoms with Crippen molar-refractivity contribution in [2.75, 3.05) is 7.05 Å². The van der Waals surface area contributed by atoms with E-state index in [1.807, 2.05) is 0 Å². The first-order valence-corrected chi connectivity index (χ1v) is 3.65. The number of nitrogens with one attached hydrogen (secondary N) is 2. The van der Waals surface area contributed by atoms with Crippen LogP contribution in [0.1, 0.15) is 11.5 Å². The maximum absolute atomic E-state index is 8.68. The van der Waals surface area contributed by atoms with Crippen molar-refractivity contribution < 1.29 is 9.52 Å². The summed E-state index contributed by atoms with van der Waals surface area (Å²) in [4.78, 5) is 0. The predicted molar refractivity (Wildman–Crippen MR) is 45.9 cm³/mol. The lowest BCUT2D eigenvalue weighted by molar-refractivity contribution is 0.246. The molecule has 1 aromatic heterocycles. The van der Waals surface area contributed by atoms with Gasteiger partial charge in [0.1, 0.15) is 18.1 Å². The maximum Gasteiger partial charge on any atom is 0.130 e. The normalized spacial score (nSPS) is 10.8. The Morgan fingerprint density at radius 2 is 2.42 bits per heavy atom. The lowest BCUT2D eigenvalue weighted by Crippen LogP contribution is -2.20. The molecule has 0 bridgehead atoms. The van der Waals surface area contributed by atoms with Crippen molar-refractivity contribution in [3.63, 3.8) is 0 Å². The maximum atomic E-state index is 8.68. The summed E-state index contributed by atoms with van der Waals surface area (Å²) in [6.45, 7) is -0.0622. The molecule has 0 radical (unpaired) electrons.